The molecule has 1 unspecified atom stereocenters. The number of aromatic nitrogens is 1. The zero-order chi connectivity index (χ0) is 25.5. The normalized spacial score (nSPS) is 16.8. The van der Waals surface area contributed by atoms with E-state index in [4.69, 9.17) is 9.47 Å². The lowest BCUT2D eigenvalue weighted by atomic mass is 9.95. The number of carbonyl (C=O) groups excluding carboxylic acids is 2. The minimum atomic E-state index is -0.778. The largest absolute Gasteiger partial charge is 0.507 e. The van der Waals surface area contributed by atoms with Crippen LogP contribution in [0.15, 0.2) is 78.6 Å². The molecular weight excluding hydrogens is 456 g/mol. The van der Waals surface area contributed by atoms with Crippen molar-refractivity contribution in [2.45, 2.75) is 39.3 Å². The highest BCUT2D eigenvalue weighted by molar-refractivity contribution is 6.46. The van der Waals surface area contributed by atoms with Gasteiger partial charge in [-0.3, -0.25) is 14.6 Å². The highest BCUT2D eigenvalue weighted by Crippen LogP contribution is 2.41. The third-order valence-electron chi connectivity index (χ3n) is 6.02. The molecule has 1 aromatic heterocycles. The van der Waals surface area contributed by atoms with Gasteiger partial charge in [-0.05, 0) is 73.0 Å². The van der Waals surface area contributed by atoms with Crippen LogP contribution in [0.5, 0.6) is 11.5 Å². The third kappa shape index (κ3) is 5.40. The molecule has 1 N–H and O–H groups in total. The standard InChI is InChI=1S/C29H30N2O5/c1-3-5-17-36-24-8-6-7-22(18-24)26-25(27(32)21-9-11-23(12-10-21)35-4-2)28(33)29(34)31(26)19-20-13-15-30-16-14-20/h6-16,18,26,32H,3-5,17,19H2,1-2H3/b27-25+. The van der Waals surface area contributed by atoms with Crippen molar-refractivity contribution in [3.05, 3.63) is 95.3 Å². The van der Waals surface area contributed by atoms with Gasteiger partial charge in [-0.15, -0.1) is 0 Å². The highest BCUT2D eigenvalue weighted by Gasteiger charge is 2.46. The Hall–Kier alpha value is -4.13. The summed E-state index contributed by atoms with van der Waals surface area (Å²) in [6.45, 7) is 5.26. The second-order valence-corrected chi connectivity index (χ2v) is 8.51. The molecule has 1 atom stereocenters. The monoisotopic (exact) mass is 486 g/mol. The molecule has 1 aliphatic rings. The second kappa shape index (κ2) is 11.5. The molecule has 4 rings (SSSR count). The van der Waals surface area contributed by atoms with Crippen LogP contribution >= 0.6 is 0 Å². The zero-order valence-corrected chi connectivity index (χ0v) is 20.5. The lowest BCUT2D eigenvalue weighted by Crippen LogP contribution is -2.29. The fraction of sp³-hybridized carbons (Fsp3) is 0.276. The van der Waals surface area contributed by atoms with E-state index in [0.717, 1.165) is 18.4 Å². The van der Waals surface area contributed by atoms with Gasteiger partial charge in [0.25, 0.3) is 11.7 Å². The van der Waals surface area contributed by atoms with Gasteiger partial charge in [0.05, 0.1) is 24.8 Å². The maximum atomic E-state index is 13.3. The van der Waals surface area contributed by atoms with E-state index >= 15 is 0 Å². The number of ketones is 1. The smallest absolute Gasteiger partial charge is 0.295 e. The molecule has 1 saturated heterocycles. The van der Waals surface area contributed by atoms with Crippen molar-refractivity contribution in [1.82, 2.24) is 9.88 Å². The van der Waals surface area contributed by atoms with Crippen molar-refractivity contribution < 1.29 is 24.2 Å². The Bertz CT molecular complexity index is 1240. The summed E-state index contributed by atoms with van der Waals surface area (Å²) in [7, 11) is 0. The molecule has 7 heteroatoms. The van der Waals surface area contributed by atoms with E-state index in [9.17, 15) is 14.7 Å². The van der Waals surface area contributed by atoms with Gasteiger partial charge in [-0.25, -0.2) is 0 Å². The van der Waals surface area contributed by atoms with Crippen LogP contribution in [-0.2, 0) is 16.1 Å². The van der Waals surface area contributed by atoms with Crippen LogP contribution in [0.4, 0.5) is 0 Å². The number of rotatable bonds is 10. The molecule has 7 nitrogen and oxygen atoms in total. The number of aliphatic hydroxyl groups excluding tert-OH is 1. The van der Waals surface area contributed by atoms with Crippen molar-refractivity contribution in [1.29, 1.82) is 0 Å². The lowest BCUT2D eigenvalue weighted by Gasteiger charge is -2.26. The van der Waals surface area contributed by atoms with Crippen LogP contribution in [0.3, 0.4) is 0 Å². The van der Waals surface area contributed by atoms with Gasteiger partial charge in [0.1, 0.15) is 17.3 Å². The Labute approximate surface area is 211 Å². The Morgan fingerprint density at radius 3 is 2.42 bits per heavy atom. The van der Waals surface area contributed by atoms with Crippen molar-refractivity contribution >= 4 is 17.4 Å². The summed E-state index contributed by atoms with van der Waals surface area (Å²) < 4.78 is 11.4. The fourth-order valence-corrected chi connectivity index (χ4v) is 4.21. The van der Waals surface area contributed by atoms with E-state index in [0.29, 0.717) is 35.8 Å². The van der Waals surface area contributed by atoms with Crippen molar-refractivity contribution in [3.8, 4) is 11.5 Å². The molecule has 0 aliphatic carbocycles. The molecule has 2 heterocycles. The number of nitrogens with zero attached hydrogens (tertiary/aromatic N) is 2. The van der Waals surface area contributed by atoms with Gasteiger partial charge in [0.15, 0.2) is 0 Å². The molecular formula is C29H30N2O5. The molecule has 2 aromatic carbocycles. The number of ether oxygens (including phenoxy) is 2. The topological polar surface area (TPSA) is 89.0 Å². The minimum absolute atomic E-state index is 0.0453. The average Bonchev–Trinajstić information content (AvgIpc) is 3.15. The van der Waals surface area contributed by atoms with E-state index in [1.54, 1.807) is 48.8 Å². The Balaban J connectivity index is 1.78. The summed E-state index contributed by atoms with van der Waals surface area (Å²) in [6.07, 6.45) is 5.21. The highest BCUT2D eigenvalue weighted by atomic mass is 16.5. The Morgan fingerprint density at radius 1 is 0.972 bits per heavy atom. The first-order chi connectivity index (χ1) is 17.5. The maximum Gasteiger partial charge on any atom is 0.295 e. The summed E-state index contributed by atoms with van der Waals surface area (Å²) in [5.41, 5.74) is 1.99. The first-order valence-electron chi connectivity index (χ1n) is 12.2. The molecule has 0 bridgehead atoms. The molecule has 0 saturated carbocycles. The van der Waals surface area contributed by atoms with Crippen LogP contribution in [0.2, 0.25) is 0 Å². The average molecular weight is 487 g/mol. The number of pyridine rings is 1. The number of hydrogen-bond donors (Lipinski definition) is 1. The number of aliphatic hydroxyl groups is 1. The van der Waals surface area contributed by atoms with E-state index in [2.05, 4.69) is 11.9 Å². The van der Waals surface area contributed by atoms with Gasteiger partial charge in [-0.2, -0.15) is 0 Å². The number of amides is 1. The summed E-state index contributed by atoms with van der Waals surface area (Å²) in [5.74, 6) is -0.313. The molecule has 3 aromatic rings. The van der Waals surface area contributed by atoms with Gasteiger partial charge < -0.3 is 19.5 Å². The summed E-state index contributed by atoms with van der Waals surface area (Å²) in [6, 6.07) is 17.0. The number of Topliss-reactive ketones (excluding diaryl/α,β-unsaturated/α-hetero) is 1. The Morgan fingerprint density at radius 2 is 1.72 bits per heavy atom. The van der Waals surface area contributed by atoms with E-state index in [1.165, 1.54) is 4.90 Å². The van der Waals surface area contributed by atoms with Crippen molar-refractivity contribution in [3.63, 3.8) is 0 Å². The molecule has 36 heavy (non-hydrogen) atoms. The molecule has 186 valence electrons. The third-order valence-corrected chi connectivity index (χ3v) is 6.02. The summed E-state index contributed by atoms with van der Waals surface area (Å²) >= 11 is 0. The predicted molar refractivity (Wildman–Crippen MR) is 137 cm³/mol. The number of likely N-dealkylation sites (tertiary alicyclic amines) is 1. The molecule has 1 aliphatic heterocycles. The van der Waals surface area contributed by atoms with Crippen LogP contribution in [0, 0.1) is 0 Å². The lowest BCUT2D eigenvalue weighted by molar-refractivity contribution is -0.140. The van der Waals surface area contributed by atoms with Crippen molar-refractivity contribution in [2.24, 2.45) is 0 Å². The van der Waals surface area contributed by atoms with Gasteiger partial charge in [-0.1, -0.05) is 25.5 Å². The van der Waals surface area contributed by atoms with Gasteiger partial charge in [0.2, 0.25) is 0 Å². The number of carbonyl (C=O) groups is 2. The minimum Gasteiger partial charge on any atom is -0.507 e. The van der Waals surface area contributed by atoms with Gasteiger partial charge in [0, 0.05) is 24.5 Å². The van der Waals surface area contributed by atoms with E-state index < -0.39 is 17.7 Å². The fourth-order valence-electron chi connectivity index (χ4n) is 4.21. The number of hydrogen-bond acceptors (Lipinski definition) is 6. The maximum absolute atomic E-state index is 13.3. The SMILES string of the molecule is CCCCOc1cccc(C2/C(=C(\O)c3ccc(OCC)cc3)C(=O)C(=O)N2Cc2ccncc2)c1. The van der Waals surface area contributed by atoms with Crippen LogP contribution in [-0.4, -0.2) is 39.9 Å². The van der Waals surface area contributed by atoms with Gasteiger partial charge >= 0.3 is 0 Å². The Kier molecular flexibility index (Phi) is 8.00. The molecule has 1 fully saturated rings. The summed E-state index contributed by atoms with van der Waals surface area (Å²) in [5, 5.41) is 11.3. The van der Waals surface area contributed by atoms with E-state index in [1.807, 2.05) is 31.2 Å². The molecule has 0 spiro atoms. The molecule has 0 radical (unpaired) electrons. The van der Waals surface area contributed by atoms with Crippen LogP contribution in [0.25, 0.3) is 5.76 Å². The molecule has 1 amide bonds. The van der Waals surface area contributed by atoms with Crippen molar-refractivity contribution in [2.75, 3.05) is 13.2 Å². The first kappa shape index (κ1) is 25.0. The van der Waals surface area contributed by atoms with Crippen LogP contribution in [0.1, 0.15) is 49.4 Å². The number of unbranched alkanes of at least 4 members (excludes halogenated alkanes) is 1. The second-order valence-electron chi connectivity index (χ2n) is 8.51. The zero-order valence-electron chi connectivity index (χ0n) is 20.5. The first-order valence-corrected chi connectivity index (χ1v) is 12.2. The van der Waals surface area contributed by atoms with Crippen LogP contribution < -0.4 is 9.47 Å². The predicted octanol–water partition coefficient (Wildman–Crippen LogP) is 5.28. The number of benzene rings is 2. The summed E-state index contributed by atoms with van der Waals surface area (Å²) in [4.78, 5) is 32.1. The quantitative estimate of drug-likeness (QED) is 0.182. The van der Waals surface area contributed by atoms with E-state index in [-0.39, 0.29) is 17.9 Å².